The van der Waals surface area contributed by atoms with Crippen molar-refractivity contribution < 1.29 is 4.74 Å². The number of likely N-dealkylation sites (tertiary alicyclic amines) is 1. The molecule has 2 rings (SSSR count). The van der Waals surface area contributed by atoms with Gasteiger partial charge in [0.2, 0.25) is 5.88 Å². The summed E-state index contributed by atoms with van der Waals surface area (Å²) in [6.45, 7) is 6.63. The summed E-state index contributed by atoms with van der Waals surface area (Å²) in [6.07, 6.45) is 3.20. The number of hydrogen-bond donors (Lipinski definition) is 0. The first-order valence-corrected chi connectivity index (χ1v) is 5.55. The first-order chi connectivity index (χ1) is 7.16. The monoisotopic (exact) mass is 209 g/mol. The predicted octanol–water partition coefficient (Wildman–Crippen LogP) is 1.28. The van der Waals surface area contributed by atoms with E-state index in [0.29, 0.717) is 12.1 Å². The zero-order valence-corrected chi connectivity index (χ0v) is 9.68. The molecular formula is C11H19N3O. The van der Waals surface area contributed by atoms with Crippen LogP contribution in [0.5, 0.6) is 5.88 Å². The molecule has 1 aliphatic heterocycles. The molecule has 0 saturated carbocycles. The Morgan fingerprint density at radius 2 is 2.33 bits per heavy atom. The van der Waals surface area contributed by atoms with Crippen molar-refractivity contribution in [1.82, 2.24) is 14.7 Å². The molecule has 0 N–H and O–H groups in total. The summed E-state index contributed by atoms with van der Waals surface area (Å²) in [5.74, 6) is 0.866. The van der Waals surface area contributed by atoms with Crippen molar-refractivity contribution in [3.05, 3.63) is 12.3 Å². The third-order valence-electron chi connectivity index (χ3n) is 2.97. The van der Waals surface area contributed by atoms with Gasteiger partial charge < -0.3 is 4.74 Å². The fourth-order valence-corrected chi connectivity index (χ4v) is 1.97. The van der Waals surface area contributed by atoms with Crippen molar-refractivity contribution >= 4 is 0 Å². The molecule has 0 aliphatic carbocycles. The quantitative estimate of drug-likeness (QED) is 0.751. The molecule has 1 atom stereocenters. The normalized spacial score (nSPS) is 22.5. The van der Waals surface area contributed by atoms with E-state index in [1.54, 1.807) is 10.9 Å². The van der Waals surface area contributed by atoms with Crippen LogP contribution < -0.4 is 4.74 Å². The molecule has 1 aromatic heterocycles. The van der Waals surface area contributed by atoms with Gasteiger partial charge in [-0.3, -0.25) is 4.90 Å². The molecule has 4 heteroatoms. The number of ether oxygens (including phenoxy) is 1. The lowest BCUT2D eigenvalue weighted by Crippen LogP contribution is -2.30. The van der Waals surface area contributed by atoms with Gasteiger partial charge in [0.05, 0.1) is 6.20 Å². The van der Waals surface area contributed by atoms with Gasteiger partial charge in [0, 0.05) is 32.2 Å². The fourth-order valence-electron chi connectivity index (χ4n) is 1.97. The van der Waals surface area contributed by atoms with Crippen molar-refractivity contribution in [1.29, 1.82) is 0 Å². The van der Waals surface area contributed by atoms with Crippen molar-refractivity contribution in [2.24, 2.45) is 7.05 Å². The Bertz CT molecular complexity index is 321. The summed E-state index contributed by atoms with van der Waals surface area (Å²) in [7, 11) is 1.91. The highest BCUT2D eigenvalue weighted by molar-refractivity contribution is 5.08. The third-order valence-corrected chi connectivity index (χ3v) is 2.97. The maximum absolute atomic E-state index is 5.89. The molecule has 0 bridgehead atoms. The van der Waals surface area contributed by atoms with Gasteiger partial charge in [-0.15, -0.1) is 0 Å². The Labute approximate surface area is 90.8 Å². The van der Waals surface area contributed by atoms with Crippen LogP contribution in [0.3, 0.4) is 0 Å². The Morgan fingerprint density at radius 3 is 2.87 bits per heavy atom. The number of aryl methyl sites for hydroxylation is 1. The van der Waals surface area contributed by atoms with E-state index in [-0.39, 0.29) is 0 Å². The van der Waals surface area contributed by atoms with Gasteiger partial charge in [-0.2, -0.15) is 5.10 Å². The first-order valence-electron chi connectivity index (χ1n) is 5.55. The molecule has 15 heavy (non-hydrogen) atoms. The van der Waals surface area contributed by atoms with Gasteiger partial charge in [0.25, 0.3) is 0 Å². The zero-order valence-electron chi connectivity index (χ0n) is 9.68. The first kappa shape index (κ1) is 10.5. The number of rotatable bonds is 3. The van der Waals surface area contributed by atoms with Crippen LogP contribution in [-0.2, 0) is 7.05 Å². The summed E-state index contributed by atoms with van der Waals surface area (Å²) in [5, 5.41) is 4.09. The Morgan fingerprint density at radius 1 is 1.53 bits per heavy atom. The Hall–Kier alpha value is -1.03. The Kier molecular flexibility index (Phi) is 2.95. The summed E-state index contributed by atoms with van der Waals surface area (Å²) in [6, 6.07) is 2.53. The third kappa shape index (κ3) is 2.31. The van der Waals surface area contributed by atoms with Crippen molar-refractivity contribution in [3.63, 3.8) is 0 Å². The van der Waals surface area contributed by atoms with Crippen LogP contribution in [0.15, 0.2) is 12.3 Å². The van der Waals surface area contributed by atoms with E-state index in [9.17, 15) is 0 Å². The van der Waals surface area contributed by atoms with Crippen LogP contribution in [0.1, 0.15) is 20.3 Å². The molecule has 1 aliphatic rings. The molecule has 1 fully saturated rings. The molecule has 84 valence electrons. The number of hydrogen-bond acceptors (Lipinski definition) is 3. The molecule has 1 unspecified atom stereocenters. The smallest absolute Gasteiger partial charge is 0.211 e. The molecule has 2 heterocycles. The Balaban J connectivity index is 1.90. The minimum absolute atomic E-state index is 0.322. The predicted molar refractivity (Wildman–Crippen MR) is 59.0 cm³/mol. The molecule has 1 aromatic rings. The van der Waals surface area contributed by atoms with E-state index in [1.165, 1.54) is 0 Å². The van der Waals surface area contributed by atoms with E-state index < -0.39 is 0 Å². The summed E-state index contributed by atoms with van der Waals surface area (Å²) >= 11 is 0. The van der Waals surface area contributed by atoms with E-state index >= 15 is 0 Å². The molecule has 0 aromatic carbocycles. The van der Waals surface area contributed by atoms with Crippen LogP contribution in [0.4, 0.5) is 0 Å². The second-order valence-electron chi connectivity index (χ2n) is 4.41. The highest BCUT2D eigenvalue weighted by Crippen LogP contribution is 2.18. The maximum atomic E-state index is 5.89. The molecule has 1 saturated heterocycles. The van der Waals surface area contributed by atoms with Gasteiger partial charge in [0.15, 0.2) is 0 Å². The largest absolute Gasteiger partial charge is 0.473 e. The van der Waals surface area contributed by atoms with E-state index in [1.807, 2.05) is 13.1 Å². The average Bonchev–Trinajstić information content (AvgIpc) is 2.77. The van der Waals surface area contributed by atoms with Gasteiger partial charge in [-0.1, -0.05) is 0 Å². The van der Waals surface area contributed by atoms with Crippen LogP contribution in [0.25, 0.3) is 0 Å². The van der Waals surface area contributed by atoms with Crippen LogP contribution in [0.2, 0.25) is 0 Å². The average molecular weight is 209 g/mol. The topological polar surface area (TPSA) is 30.3 Å². The van der Waals surface area contributed by atoms with Gasteiger partial charge >= 0.3 is 0 Å². The second-order valence-corrected chi connectivity index (χ2v) is 4.41. The fraction of sp³-hybridized carbons (Fsp3) is 0.727. The van der Waals surface area contributed by atoms with Crippen LogP contribution in [0, 0.1) is 0 Å². The lowest BCUT2D eigenvalue weighted by atomic mass is 10.3. The standard InChI is InChI=1S/C11H19N3O/c1-9(2)14-7-5-10(8-14)15-11-4-6-12-13(11)3/h4,6,9-10H,5,7-8H2,1-3H3. The van der Waals surface area contributed by atoms with Gasteiger partial charge in [0.1, 0.15) is 6.10 Å². The minimum Gasteiger partial charge on any atom is -0.473 e. The lowest BCUT2D eigenvalue weighted by Gasteiger charge is -2.20. The highest BCUT2D eigenvalue weighted by Gasteiger charge is 2.25. The highest BCUT2D eigenvalue weighted by atomic mass is 16.5. The lowest BCUT2D eigenvalue weighted by molar-refractivity contribution is 0.174. The van der Waals surface area contributed by atoms with Gasteiger partial charge in [-0.05, 0) is 20.3 Å². The van der Waals surface area contributed by atoms with E-state index in [0.717, 1.165) is 25.4 Å². The number of aromatic nitrogens is 2. The molecule has 0 amide bonds. The minimum atomic E-state index is 0.322. The summed E-state index contributed by atoms with van der Waals surface area (Å²) in [4.78, 5) is 2.45. The van der Waals surface area contributed by atoms with Crippen molar-refractivity contribution in [3.8, 4) is 5.88 Å². The van der Waals surface area contributed by atoms with Crippen LogP contribution in [-0.4, -0.2) is 39.9 Å². The number of nitrogens with zero attached hydrogens (tertiary/aromatic N) is 3. The van der Waals surface area contributed by atoms with E-state index in [2.05, 4.69) is 23.8 Å². The van der Waals surface area contributed by atoms with Gasteiger partial charge in [-0.25, -0.2) is 4.68 Å². The zero-order chi connectivity index (χ0) is 10.8. The molecule has 0 spiro atoms. The van der Waals surface area contributed by atoms with Crippen molar-refractivity contribution in [2.45, 2.75) is 32.4 Å². The van der Waals surface area contributed by atoms with E-state index in [4.69, 9.17) is 4.74 Å². The molecular weight excluding hydrogens is 190 g/mol. The summed E-state index contributed by atoms with van der Waals surface area (Å²) < 4.78 is 7.66. The maximum Gasteiger partial charge on any atom is 0.211 e. The SMILES string of the molecule is CC(C)N1CCC(Oc2ccnn2C)C1. The molecule has 4 nitrogen and oxygen atoms in total. The summed E-state index contributed by atoms with van der Waals surface area (Å²) in [5.41, 5.74) is 0. The second kappa shape index (κ2) is 4.23. The molecule has 0 radical (unpaired) electrons. The van der Waals surface area contributed by atoms with Crippen molar-refractivity contribution in [2.75, 3.05) is 13.1 Å². The van der Waals surface area contributed by atoms with Crippen LogP contribution >= 0.6 is 0 Å².